The van der Waals surface area contributed by atoms with Gasteiger partial charge in [0.2, 0.25) is 0 Å². The van der Waals surface area contributed by atoms with Gasteiger partial charge in [0.1, 0.15) is 6.17 Å². The number of methoxy groups -OCH3 is 1. The van der Waals surface area contributed by atoms with E-state index in [1.54, 1.807) is 31.5 Å². The number of hydrogen-bond donors (Lipinski definition) is 1. The fraction of sp³-hybridized carbons (Fsp3) is 0.353. The minimum absolute atomic E-state index is 0.145. The van der Waals surface area contributed by atoms with Gasteiger partial charge in [0.15, 0.2) is 15.7 Å². The quantitative estimate of drug-likeness (QED) is 0.810. The second-order valence-electron chi connectivity index (χ2n) is 5.80. The zero-order valence-corrected chi connectivity index (χ0v) is 14.6. The van der Waals surface area contributed by atoms with E-state index in [4.69, 9.17) is 4.74 Å². The lowest BCUT2D eigenvalue weighted by Gasteiger charge is -2.27. The summed E-state index contributed by atoms with van der Waals surface area (Å²) in [4.78, 5) is 6.90. The van der Waals surface area contributed by atoms with E-state index in [0.717, 1.165) is 30.0 Å². The first-order valence-corrected chi connectivity index (χ1v) is 9.67. The van der Waals surface area contributed by atoms with Crippen molar-refractivity contribution < 1.29 is 13.2 Å². The van der Waals surface area contributed by atoms with Crippen molar-refractivity contribution >= 4 is 21.3 Å². The Labute approximate surface area is 142 Å². The maximum atomic E-state index is 11.8. The summed E-state index contributed by atoms with van der Waals surface area (Å²) in [6, 6.07) is 11.0. The topological polar surface area (TPSA) is 71.5 Å². The number of fused-ring (bicyclic) bond motifs is 1. The smallest absolute Gasteiger partial charge is 0.175 e. The molecule has 1 aromatic carbocycles. The van der Waals surface area contributed by atoms with Crippen molar-refractivity contribution in [3.05, 3.63) is 48.2 Å². The zero-order valence-electron chi connectivity index (χ0n) is 13.8. The fourth-order valence-corrected chi connectivity index (χ4v) is 3.57. The molecule has 2 aromatic rings. The Morgan fingerprint density at radius 2 is 2.12 bits per heavy atom. The predicted molar refractivity (Wildman–Crippen MR) is 94.0 cm³/mol. The van der Waals surface area contributed by atoms with E-state index < -0.39 is 9.84 Å². The normalized spacial score (nSPS) is 16.8. The van der Waals surface area contributed by atoms with Crippen LogP contribution < -0.4 is 10.2 Å². The number of hydrogen-bond acceptors (Lipinski definition) is 6. The van der Waals surface area contributed by atoms with E-state index in [1.165, 1.54) is 6.26 Å². The molecule has 1 aliphatic heterocycles. The molecular formula is C17H21N3O3S. The lowest BCUT2D eigenvalue weighted by molar-refractivity contribution is 0.196. The number of benzene rings is 1. The van der Waals surface area contributed by atoms with Gasteiger partial charge in [-0.3, -0.25) is 0 Å². The van der Waals surface area contributed by atoms with Gasteiger partial charge in [-0.25, -0.2) is 13.4 Å². The molecule has 1 atom stereocenters. The Hall–Kier alpha value is -2.12. The molecule has 0 fully saturated rings. The minimum Gasteiger partial charge on any atom is -0.385 e. The largest absolute Gasteiger partial charge is 0.385 e. The minimum atomic E-state index is -3.24. The highest BCUT2D eigenvalue weighted by atomic mass is 32.2. The Morgan fingerprint density at radius 3 is 2.88 bits per heavy atom. The molecule has 1 unspecified atom stereocenters. The van der Waals surface area contributed by atoms with Crippen LogP contribution in [0, 0.1) is 0 Å². The van der Waals surface area contributed by atoms with E-state index in [0.29, 0.717) is 11.5 Å². The molecule has 6 nitrogen and oxygen atoms in total. The van der Waals surface area contributed by atoms with Crippen LogP contribution >= 0.6 is 0 Å². The molecule has 0 bridgehead atoms. The molecule has 128 valence electrons. The molecule has 0 radical (unpaired) electrons. The van der Waals surface area contributed by atoms with Crippen LogP contribution in [0.25, 0.3) is 0 Å². The van der Waals surface area contributed by atoms with E-state index in [1.807, 2.05) is 18.2 Å². The summed E-state index contributed by atoms with van der Waals surface area (Å²) < 4.78 is 28.8. The highest BCUT2D eigenvalue weighted by Crippen LogP contribution is 2.39. The molecular weight excluding hydrogens is 326 g/mol. The molecule has 1 N–H and O–H groups in total. The van der Waals surface area contributed by atoms with Crippen molar-refractivity contribution in [1.82, 2.24) is 4.98 Å². The van der Waals surface area contributed by atoms with E-state index in [-0.39, 0.29) is 6.17 Å². The lowest BCUT2D eigenvalue weighted by Crippen LogP contribution is -2.29. The number of rotatable bonds is 6. The van der Waals surface area contributed by atoms with Gasteiger partial charge in [-0.1, -0.05) is 12.1 Å². The Kier molecular flexibility index (Phi) is 4.73. The summed E-state index contributed by atoms with van der Waals surface area (Å²) in [7, 11) is -1.56. The van der Waals surface area contributed by atoms with Crippen molar-refractivity contribution in [2.45, 2.75) is 17.5 Å². The number of nitrogens with one attached hydrogen (secondary N) is 1. The van der Waals surface area contributed by atoms with Crippen molar-refractivity contribution in [2.75, 3.05) is 36.7 Å². The highest BCUT2D eigenvalue weighted by molar-refractivity contribution is 7.90. The number of anilines is 2. The van der Waals surface area contributed by atoms with Crippen molar-refractivity contribution in [3.63, 3.8) is 0 Å². The van der Waals surface area contributed by atoms with Crippen LogP contribution in [-0.2, 0) is 14.6 Å². The molecule has 0 saturated heterocycles. The summed E-state index contributed by atoms with van der Waals surface area (Å²) in [5.74, 6) is 0.810. The van der Waals surface area contributed by atoms with Crippen molar-refractivity contribution in [1.29, 1.82) is 0 Å². The summed E-state index contributed by atoms with van der Waals surface area (Å²) in [6.07, 6.45) is 3.69. The molecule has 24 heavy (non-hydrogen) atoms. The Morgan fingerprint density at radius 1 is 1.29 bits per heavy atom. The molecule has 0 spiro atoms. The molecule has 1 aliphatic rings. The monoisotopic (exact) mass is 347 g/mol. The summed E-state index contributed by atoms with van der Waals surface area (Å²) in [6.45, 7) is 1.45. The Bertz CT molecular complexity index is 823. The van der Waals surface area contributed by atoms with Gasteiger partial charge in [-0.05, 0) is 36.2 Å². The fourth-order valence-electron chi connectivity index (χ4n) is 2.89. The summed E-state index contributed by atoms with van der Waals surface area (Å²) >= 11 is 0. The first-order chi connectivity index (χ1) is 11.5. The van der Waals surface area contributed by atoms with Gasteiger partial charge < -0.3 is 15.0 Å². The van der Waals surface area contributed by atoms with Gasteiger partial charge in [0, 0.05) is 32.7 Å². The second kappa shape index (κ2) is 6.78. The highest BCUT2D eigenvalue weighted by Gasteiger charge is 2.30. The van der Waals surface area contributed by atoms with Gasteiger partial charge in [-0.2, -0.15) is 0 Å². The van der Waals surface area contributed by atoms with Crippen LogP contribution in [0.1, 0.15) is 18.2 Å². The third-order valence-corrected chi connectivity index (χ3v) is 5.14. The first kappa shape index (κ1) is 16.7. The molecule has 2 heterocycles. The summed E-state index contributed by atoms with van der Waals surface area (Å²) in [5.41, 5.74) is 1.91. The number of nitrogens with zero attached hydrogens (tertiary/aromatic N) is 2. The molecule has 1 aromatic heterocycles. The molecule has 0 amide bonds. The first-order valence-electron chi connectivity index (χ1n) is 7.78. The predicted octanol–water partition coefficient (Wildman–Crippen LogP) is 2.45. The number of sulfone groups is 1. The summed E-state index contributed by atoms with van der Waals surface area (Å²) in [5, 5.41) is 3.39. The molecule has 0 saturated carbocycles. The molecule has 7 heteroatoms. The third kappa shape index (κ3) is 3.37. The number of ether oxygens (including phenoxy) is 1. The SMILES string of the molecule is COCCCN1c2cccnc2NC1c1cccc(S(C)(=O)=O)c1. The van der Waals surface area contributed by atoms with Crippen LogP contribution in [-0.4, -0.2) is 39.9 Å². The van der Waals surface area contributed by atoms with Crippen LogP contribution in [0.3, 0.4) is 0 Å². The third-order valence-electron chi connectivity index (χ3n) is 4.03. The molecule has 0 aliphatic carbocycles. The van der Waals surface area contributed by atoms with Crippen LogP contribution in [0.2, 0.25) is 0 Å². The van der Waals surface area contributed by atoms with E-state index in [2.05, 4.69) is 15.2 Å². The van der Waals surface area contributed by atoms with Gasteiger partial charge >= 0.3 is 0 Å². The number of pyridine rings is 1. The van der Waals surface area contributed by atoms with Crippen LogP contribution in [0.15, 0.2) is 47.5 Å². The average Bonchev–Trinajstić information content (AvgIpc) is 2.93. The van der Waals surface area contributed by atoms with Gasteiger partial charge in [-0.15, -0.1) is 0 Å². The second-order valence-corrected chi connectivity index (χ2v) is 7.82. The van der Waals surface area contributed by atoms with Crippen molar-refractivity contribution in [2.24, 2.45) is 0 Å². The van der Waals surface area contributed by atoms with Crippen LogP contribution in [0.5, 0.6) is 0 Å². The maximum Gasteiger partial charge on any atom is 0.175 e. The number of aromatic nitrogens is 1. The maximum absolute atomic E-state index is 11.8. The van der Waals surface area contributed by atoms with Crippen molar-refractivity contribution in [3.8, 4) is 0 Å². The van der Waals surface area contributed by atoms with E-state index in [9.17, 15) is 8.42 Å². The Balaban J connectivity index is 1.94. The standard InChI is InChI=1S/C17H21N3O3S/c1-23-11-5-10-20-15-8-4-9-18-16(15)19-17(20)13-6-3-7-14(12-13)24(2,21)22/h3-4,6-9,12,17H,5,10-11H2,1-2H3,(H,18,19). The van der Waals surface area contributed by atoms with Gasteiger partial charge in [0.05, 0.1) is 10.6 Å². The van der Waals surface area contributed by atoms with E-state index >= 15 is 0 Å². The van der Waals surface area contributed by atoms with Gasteiger partial charge in [0.25, 0.3) is 0 Å². The zero-order chi connectivity index (χ0) is 17.2. The lowest BCUT2D eigenvalue weighted by atomic mass is 10.1. The average molecular weight is 347 g/mol. The van der Waals surface area contributed by atoms with Crippen LogP contribution in [0.4, 0.5) is 11.5 Å². The molecule has 3 rings (SSSR count).